The average molecular weight is 300 g/mol. The zero-order valence-electron chi connectivity index (χ0n) is 9.63. The monoisotopic (exact) mass is 299 g/mol. The maximum atomic E-state index is 10.9. The van der Waals surface area contributed by atoms with E-state index in [2.05, 4.69) is 9.97 Å². The average Bonchev–Trinajstić information content (AvgIpc) is 2.33. The van der Waals surface area contributed by atoms with E-state index in [0.717, 1.165) is 0 Å². The van der Waals surface area contributed by atoms with E-state index in [4.69, 9.17) is 27.9 Å². The predicted molar refractivity (Wildman–Crippen MR) is 70.0 cm³/mol. The number of benzene rings is 1. The zero-order valence-corrected chi connectivity index (χ0v) is 11.1. The second-order valence-electron chi connectivity index (χ2n) is 3.60. The summed E-state index contributed by atoms with van der Waals surface area (Å²) in [6, 6.07) is 4.01. The molecule has 2 aromatic rings. The van der Waals surface area contributed by atoms with Crippen LogP contribution in [0.3, 0.4) is 0 Å². The number of nitro groups is 1. The Morgan fingerprint density at radius 2 is 2.11 bits per heavy atom. The van der Waals surface area contributed by atoms with Crippen LogP contribution in [0.25, 0.3) is 0 Å². The number of hydrogen-bond acceptors (Lipinski definition) is 5. The van der Waals surface area contributed by atoms with E-state index in [-0.39, 0.29) is 22.6 Å². The molecule has 0 amide bonds. The fraction of sp³-hybridized carbons (Fsp3) is 0.0909. The van der Waals surface area contributed by atoms with Crippen molar-refractivity contribution < 1.29 is 9.66 Å². The molecule has 98 valence electrons. The number of aryl methyl sites for hydroxylation is 1. The standard InChI is InChI=1S/C11H7Cl2N3O3/c1-6-5-14-11(13)15-10(6)19-9-4-7(12)2-3-8(9)16(17)18/h2-5H,1H3. The normalized spacial score (nSPS) is 10.3. The van der Waals surface area contributed by atoms with Gasteiger partial charge in [0.2, 0.25) is 16.9 Å². The van der Waals surface area contributed by atoms with Crippen molar-refractivity contribution in [3.63, 3.8) is 0 Å². The van der Waals surface area contributed by atoms with E-state index < -0.39 is 4.92 Å². The van der Waals surface area contributed by atoms with Gasteiger partial charge in [0.25, 0.3) is 0 Å². The fourth-order valence-electron chi connectivity index (χ4n) is 1.33. The van der Waals surface area contributed by atoms with Gasteiger partial charge in [-0.15, -0.1) is 0 Å². The van der Waals surface area contributed by atoms with Crippen molar-refractivity contribution in [2.24, 2.45) is 0 Å². The maximum absolute atomic E-state index is 10.9. The Kier molecular flexibility index (Phi) is 3.82. The van der Waals surface area contributed by atoms with E-state index in [1.807, 2.05) is 0 Å². The molecule has 2 rings (SSSR count). The van der Waals surface area contributed by atoms with Crippen molar-refractivity contribution in [2.75, 3.05) is 0 Å². The molecule has 0 aliphatic rings. The van der Waals surface area contributed by atoms with Crippen molar-refractivity contribution in [2.45, 2.75) is 6.92 Å². The Morgan fingerprint density at radius 1 is 1.37 bits per heavy atom. The quantitative estimate of drug-likeness (QED) is 0.489. The fourth-order valence-corrected chi connectivity index (χ4v) is 1.62. The van der Waals surface area contributed by atoms with Crippen LogP contribution in [0, 0.1) is 17.0 Å². The second kappa shape index (κ2) is 5.38. The Balaban J connectivity index is 2.45. The molecule has 0 aliphatic heterocycles. The molecule has 0 fully saturated rings. The number of rotatable bonds is 3. The summed E-state index contributed by atoms with van der Waals surface area (Å²) in [6.07, 6.45) is 1.46. The first-order valence-electron chi connectivity index (χ1n) is 5.08. The zero-order chi connectivity index (χ0) is 14.0. The highest BCUT2D eigenvalue weighted by Crippen LogP contribution is 2.34. The van der Waals surface area contributed by atoms with E-state index in [9.17, 15) is 10.1 Å². The van der Waals surface area contributed by atoms with E-state index in [0.29, 0.717) is 10.6 Å². The Labute approximate surface area is 118 Å². The molecule has 19 heavy (non-hydrogen) atoms. The van der Waals surface area contributed by atoms with Gasteiger partial charge in [-0.3, -0.25) is 10.1 Å². The number of aromatic nitrogens is 2. The molecule has 0 aliphatic carbocycles. The highest BCUT2D eigenvalue weighted by Gasteiger charge is 2.17. The van der Waals surface area contributed by atoms with E-state index in [1.54, 1.807) is 6.92 Å². The van der Waals surface area contributed by atoms with Gasteiger partial charge in [-0.25, -0.2) is 4.98 Å². The highest BCUT2D eigenvalue weighted by atomic mass is 35.5. The summed E-state index contributed by atoms with van der Waals surface area (Å²) in [5.74, 6) is 0.140. The van der Waals surface area contributed by atoms with Crippen LogP contribution < -0.4 is 4.74 Å². The van der Waals surface area contributed by atoms with Crippen LogP contribution in [0.2, 0.25) is 10.3 Å². The molecule has 0 radical (unpaired) electrons. The van der Waals surface area contributed by atoms with Gasteiger partial charge in [0.05, 0.1) is 4.92 Å². The van der Waals surface area contributed by atoms with Crippen LogP contribution in [0.15, 0.2) is 24.4 Å². The Bertz CT molecular complexity index is 649. The molecule has 6 nitrogen and oxygen atoms in total. The van der Waals surface area contributed by atoms with Gasteiger partial charge in [0.1, 0.15) is 0 Å². The first kappa shape index (κ1) is 13.5. The van der Waals surface area contributed by atoms with Gasteiger partial charge in [-0.2, -0.15) is 4.98 Å². The minimum absolute atomic E-state index is 0.00429. The van der Waals surface area contributed by atoms with Gasteiger partial charge in [-0.05, 0) is 24.6 Å². The molecule has 0 atom stereocenters. The van der Waals surface area contributed by atoms with Crippen LogP contribution >= 0.6 is 23.2 Å². The van der Waals surface area contributed by atoms with Gasteiger partial charge < -0.3 is 4.74 Å². The van der Waals surface area contributed by atoms with Gasteiger partial charge >= 0.3 is 5.69 Å². The molecular weight excluding hydrogens is 293 g/mol. The first-order valence-corrected chi connectivity index (χ1v) is 5.84. The SMILES string of the molecule is Cc1cnc(Cl)nc1Oc1cc(Cl)ccc1[N+](=O)[O-]. The summed E-state index contributed by atoms with van der Waals surface area (Å²) in [5.41, 5.74) is 0.386. The lowest BCUT2D eigenvalue weighted by molar-refractivity contribution is -0.385. The minimum atomic E-state index is -0.566. The van der Waals surface area contributed by atoms with Gasteiger partial charge in [0, 0.05) is 28.9 Å². The molecule has 8 heteroatoms. The summed E-state index contributed by atoms with van der Waals surface area (Å²) in [6.45, 7) is 1.70. The molecule has 0 N–H and O–H groups in total. The lowest BCUT2D eigenvalue weighted by Crippen LogP contribution is -1.97. The number of nitro benzene ring substituents is 1. The van der Waals surface area contributed by atoms with E-state index >= 15 is 0 Å². The summed E-state index contributed by atoms with van der Waals surface area (Å²) in [5, 5.41) is 11.2. The molecule has 1 heterocycles. The summed E-state index contributed by atoms with van der Waals surface area (Å²) in [7, 11) is 0. The van der Waals surface area contributed by atoms with Crippen molar-refractivity contribution in [1.82, 2.24) is 9.97 Å². The van der Waals surface area contributed by atoms with Crippen LogP contribution in [0.4, 0.5) is 5.69 Å². The second-order valence-corrected chi connectivity index (χ2v) is 4.37. The lowest BCUT2D eigenvalue weighted by atomic mass is 10.3. The van der Waals surface area contributed by atoms with Crippen LogP contribution in [-0.4, -0.2) is 14.9 Å². The van der Waals surface area contributed by atoms with Crippen molar-refractivity contribution in [1.29, 1.82) is 0 Å². The van der Waals surface area contributed by atoms with Crippen molar-refractivity contribution >= 4 is 28.9 Å². The molecule has 0 bridgehead atoms. The Morgan fingerprint density at radius 3 is 2.79 bits per heavy atom. The number of ether oxygens (including phenoxy) is 1. The Hall–Kier alpha value is -1.92. The van der Waals surface area contributed by atoms with Gasteiger partial charge in [-0.1, -0.05) is 11.6 Å². The molecule has 1 aromatic heterocycles. The predicted octanol–water partition coefficient (Wildman–Crippen LogP) is 3.79. The first-order chi connectivity index (χ1) is 8.97. The van der Waals surface area contributed by atoms with Crippen LogP contribution in [-0.2, 0) is 0 Å². The molecule has 1 aromatic carbocycles. The van der Waals surface area contributed by atoms with Crippen LogP contribution in [0.1, 0.15) is 5.56 Å². The van der Waals surface area contributed by atoms with Crippen molar-refractivity contribution in [3.05, 3.63) is 50.4 Å². The molecular formula is C11H7Cl2N3O3. The number of nitrogens with zero attached hydrogens (tertiary/aromatic N) is 3. The number of halogens is 2. The third kappa shape index (κ3) is 3.10. The molecule has 0 saturated heterocycles. The summed E-state index contributed by atoms with van der Waals surface area (Å²) < 4.78 is 5.40. The third-order valence-corrected chi connectivity index (χ3v) is 2.64. The third-order valence-electron chi connectivity index (χ3n) is 2.22. The minimum Gasteiger partial charge on any atom is -0.431 e. The summed E-state index contributed by atoms with van der Waals surface area (Å²) in [4.78, 5) is 18.0. The van der Waals surface area contributed by atoms with Gasteiger partial charge in [0.15, 0.2) is 0 Å². The summed E-state index contributed by atoms with van der Waals surface area (Å²) >= 11 is 11.5. The lowest BCUT2D eigenvalue weighted by Gasteiger charge is -2.07. The maximum Gasteiger partial charge on any atom is 0.311 e. The van der Waals surface area contributed by atoms with Crippen molar-refractivity contribution in [3.8, 4) is 11.6 Å². The smallest absolute Gasteiger partial charge is 0.311 e. The molecule has 0 saturated carbocycles. The largest absolute Gasteiger partial charge is 0.431 e. The highest BCUT2D eigenvalue weighted by molar-refractivity contribution is 6.30. The molecule has 0 unspecified atom stereocenters. The van der Waals surface area contributed by atoms with Crippen LogP contribution in [0.5, 0.6) is 11.6 Å². The number of hydrogen-bond donors (Lipinski definition) is 0. The molecule has 0 spiro atoms. The van der Waals surface area contributed by atoms with E-state index in [1.165, 1.54) is 24.4 Å². The topological polar surface area (TPSA) is 78.2 Å².